The summed E-state index contributed by atoms with van der Waals surface area (Å²) in [5.41, 5.74) is 8.53. The van der Waals surface area contributed by atoms with Gasteiger partial charge < -0.3 is 15.6 Å². The number of halogens is 1. The third-order valence-corrected chi connectivity index (χ3v) is 4.96. The van der Waals surface area contributed by atoms with Gasteiger partial charge in [-0.1, -0.05) is 17.5 Å². The van der Waals surface area contributed by atoms with Gasteiger partial charge in [0.15, 0.2) is 5.82 Å². The Morgan fingerprint density at radius 3 is 3.00 bits per heavy atom. The van der Waals surface area contributed by atoms with E-state index in [1.54, 1.807) is 7.05 Å². The Hall–Kier alpha value is -2.98. The smallest absolute Gasteiger partial charge is 0.255 e. The van der Waals surface area contributed by atoms with Gasteiger partial charge in [0.25, 0.3) is 5.91 Å². The number of hydrogen-bond acceptors (Lipinski definition) is 4. The average Bonchev–Trinajstić information content (AvgIpc) is 3.27. The largest absolute Gasteiger partial charge is 0.371 e. The quantitative estimate of drug-likeness (QED) is 0.604. The third kappa shape index (κ3) is 2.50. The van der Waals surface area contributed by atoms with Crippen LogP contribution in [0, 0.1) is 11.8 Å². The summed E-state index contributed by atoms with van der Waals surface area (Å²) in [5, 5.41) is 10.1. The lowest BCUT2D eigenvalue weighted by atomic mass is 10.1. The predicted octanol–water partition coefficient (Wildman–Crippen LogP) is 2.46. The van der Waals surface area contributed by atoms with Gasteiger partial charge in [0.1, 0.15) is 17.1 Å². The zero-order chi connectivity index (χ0) is 18.4. The van der Waals surface area contributed by atoms with Gasteiger partial charge in [-0.2, -0.15) is 5.10 Å². The van der Waals surface area contributed by atoms with Gasteiger partial charge in [-0.15, -0.1) is 0 Å². The highest BCUT2D eigenvalue weighted by Crippen LogP contribution is 2.33. The first kappa shape index (κ1) is 16.5. The van der Waals surface area contributed by atoms with E-state index in [0.29, 0.717) is 28.1 Å². The van der Waals surface area contributed by atoms with E-state index in [1.165, 1.54) is 0 Å². The number of H-pyrrole nitrogens is 1. The van der Waals surface area contributed by atoms with E-state index in [0.717, 1.165) is 29.7 Å². The van der Waals surface area contributed by atoms with Crippen molar-refractivity contribution in [3.05, 3.63) is 39.8 Å². The van der Waals surface area contributed by atoms with Crippen molar-refractivity contribution in [1.29, 1.82) is 0 Å². The number of aryl methyl sites for hydroxylation is 1. The SMILES string of the molecule is CNc1n[nH]c(C#Cc2cc3nc4n(c3cc2Cl)C(C)CC4)c1C(N)=O. The lowest BCUT2D eigenvalue weighted by Gasteiger charge is -2.07. The first-order chi connectivity index (χ1) is 12.5. The molecule has 1 aromatic carbocycles. The number of nitrogens with two attached hydrogens (primary N) is 1. The molecular weight excluding hydrogens is 352 g/mol. The van der Waals surface area contributed by atoms with E-state index >= 15 is 0 Å². The molecule has 0 saturated heterocycles. The standard InChI is InChI=1S/C18H17ClN6O/c1-9-3-6-15-22-13-7-10(11(19)8-14(13)25(9)15)4-5-12-16(17(20)26)18(21-2)24-23-12/h7-9H,3,6H2,1-2H3,(H2,20,26)(H2,21,23,24). The molecule has 1 aliphatic heterocycles. The maximum Gasteiger partial charge on any atom is 0.255 e. The molecule has 3 aromatic rings. The van der Waals surface area contributed by atoms with Crippen molar-refractivity contribution in [2.24, 2.45) is 5.73 Å². The molecule has 0 fully saturated rings. The molecule has 0 radical (unpaired) electrons. The summed E-state index contributed by atoms with van der Waals surface area (Å²) in [6, 6.07) is 4.20. The maximum absolute atomic E-state index is 11.6. The van der Waals surface area contributed by atoms with E-state index in [2.05, 4.69) is 38.8 Å². The summed E-state index contributed by atoms with van der Waals surface area (Å²) in [6.45, 7) is 2.18. The van der Waals surface area contributed by atoms with Crippen LogP contribution in [0.2, 0.25) is 5.02 Å². The summed E-state index contributed by atoms with van der Waals surface area (Å²) in [6.07, 6.45) is 2.07. The molecule has 26 heavy (non-hydrogen) atoms. The number of carbonyl (C=O) groups excluding carboxylic acids is 1. The second kappa shape index (κ2) is 6.07. The highest BCUT2D eigenvalue weighted by atomic mass is 35.5. The van der Waals surface area contributed by atoms with Gasteiger partial charge in [-0.3, -0.25) is 9.89 Å². The number of imidazole rings is 1. The minimum atomic E-state index is -0.603. The monoisotopic (exact) mass is 368 g/mol. The fourth-order valence-corrected chi connectivity index (χ4v) is 3.59. The minimum Gasteiger partial charge on any atom is -0.371 e. The van der Waals surface area contributed by atoms with Crippen LogP contribution in [0.5, 0.6) is 0 Å². The van der Waals surface area contributed by atoms with Gasteiger partial charge in [-0.05, 0) is 31.4 Å². The second-order valence-corrected chi connectivity index (χ2v) is 6.70. The van der Waals surface area contributed by atoms with Crippen molar-refractivity contribution in [2.45, 2.75) is 25.8 Å². The molecule has 0 spiro atoms. The van der Waals surface area contributed by atoms with E-state index in [1.807, 2.05) is 12.1 Å². The van der Waals surface area contributed by atoms with Gasteiger partial charge >= 0.3 is 0 Å². The Labute approximate surface area is 154 Å². The third-order valence-electron chi connectivity index (χ3n) is 4.65. The molecular formula is C18H17ClN6O. The number of aromatic amines is 1. The summed E-state index contributed by atoms with van der Waals surface area (Å²) < 4.78 is 2.23. The lowest BCUT2D eigenvalue weighted by Crippen LogP contribution is -2.13. The summed E-state index contributed by atoms with van der Waals surface area (Å²) in [7, 11) is 1.66. The number of amides is 1. The van der Waals surface area contributed by atoms with Crippen LogP contribution >= 0.6 is 11.6 Å². The van der Waals surface area contributed by atoms with Crippen molar-refractivity contribution < 1.29 is 4.79 Å². The number of nitrogens with one attached hydrogen (secondary N) is 2. The molecule has 1 aliphatic rings. The molecule has 2 aromatic heterocycles. The van der Waals surface area contributed by atoms with Gasteiger partial charge in [0.2, 0.25) is 0 Å². The summed E-state index contributed by atoms with van der Waals surface area (Å²) >= 11 is 6.44. The van der Waals surface area contributed by atoms with Crippen LogP contribution in [0.1, 0.15) is 46.8 Å². The number of carbonyl (C=O) groups is 1. The summed E-state index contributed by atoms with van der Waals surface area (Å²) in [4.78, 5) is 16.3. The van der Waals surface area contributed by atoms with Gasteiger partial charge in [-0.25, -0.2) is 4.98 Å². The normalized spacial score (nSPS) is 15.6. The topological polar surface area (TPSA) is 102 Å². The van der Waals surface area contributed by atoms with Gasteiger partial charge in [0.05, 0.1) is 16.1 Å². The fourth-order valence-electron chi connectivity index (χ4n) is 3.38. The zero-order valence-corrected chi connectivity index (χ0v) is 15.1. The molecule has 1 amide bonds. The van der Waals surface area contributed by atoms with Gasteiger partial charge in [0, 0.05) is 25.1 Å². The molecule has 3 heterocycles. The van der Waals surface area contributed by atoms with E-state index in [4.69, 9.17) is 22.3 Å². The Bertz CT molecular complexity index is 1100. The highest BCUT2D eigenvalue weighted by Gasteiger charge is 2.23. The molecule has 8 heteroatoms. The van der Waals surface area contributed by atoms with Crippen molar-refractivity contribution in [1.82, 2.24) is 19.7 Å². The Morgan fingerprint density at radius 2 is 2.27 bits per heavy atom. The Balaban J connectivity index is 1.78. The molecule has 1 atom stereocenters. The van der Waals surface area contributed by atoms with Crippen LogP contribution in [0.4, 0.5) is 5.82 Å². The lowest BCUT2D eigenvalue weighted by molar-refractivity contribution is 0.100. The van der Waals surface area contributed by atoms with E-state index < -0.39 is 5.91 Å². The zero-order valence-electron chi connectivity index (χ0n) is 14.4. The molecule has 0 saturated carbocycles. The number of nitrogens with zero attached hydrogens (tertiary/aromatic N) is 3. The Morgan fingerprint density at radius 1 is 1.46 bits per heavy atom. The van der Waals surface area contributed by atoms with E-state index in [9.17, 15) is 4.79 Å². The number of anilines is 1. The number of benzene rings is 1. The van der Waals surface area contributed by atoms with Crippen LogP contribution in [0.15, 0.2) is 12.1 Å². The van der Waals surface area contributed by atoms with Crippen molar-refractivity contribution in [3.63, 3.8) is 0 Å². The second-order valence-electron chi connectivity index (χ2n) is 6.29. The molecule has 4 N–H and O–H groups in total. The number of rotatable bonds is 2. The molecule has 132 valence electrons. The van der Waals surface area contributed by atoms with Crippen LogP contribution in [-0.2, 0) is 6.42 Å². The van der Waals surface area contributed by atoms with E-state index in [-0.39, 0.29) is 5.56 Å². The Kier molecular flexibility index (Phi) is 3.85. The first-order valence-corrected chi connectivity index (χ1v) is 8.65. The molecule has 7 nitrogen and oxygen atoms in total. The molecule has 0 aliphatic carbocycles. The van der Waals surface area contributed by atoms with Crippen LogP contribution < -0.4 is 11.1 Å². The number of aromatic nitrogens is 4. The first-order valence-electron chi connectivity index (χ1n) is 8.28. The van der Waals surface area contributed by atoms with Crippen molar-refractivity contribution >= 4 is 34.4 Å². The van der Waals surface area contributed by atoms with Crippen molar-refractivity contribution in [3.8, 4) is 11.8 Å². The molecule has 4 rings (SSSR count). The maximum atomic E-state index is 11.6. The predicted molar refractivity (Wildman–Crippen MR) is 100 cm³/mol. The molecule has 1 unspecified atom stereocenters. The van der Waals surface area contributed by atoms with Crippen LogP contribution in [0.3, 0.4) is 0 Å². The number of hydrogen-bond donors (Lipinski definition) is 3. The number of primary amides is 1. The minimum absolute atomic E-state index is 0.229. The summed E-state index contributed by atoms with van der Waals surface area (Å²) in [5.74, 6) is 6.73. The average molecular weight is 369 g/mol. The highest BCUT2D eigenvalue weighted by molar-refractivity contribution is 6.32. The van der Waals surface area contributed by atoms with Crippen LogP contribution in [-0.4, -0.2) is 32.7 Å². The van der Waals surface area contributed by atoms with Crippen LogP contribution in [0.25, 0.3) is 11.0 Å². The number of fused-ring (bicyclic) bond motifs is 3. The fraction of sp³-hybridized carbons (Fsp3) is 0.278. The molecule has 0 bridgehead atoms. The van der Waals surface area contributed by atoms with Crippen molar-refractivity contribution in [2.75, 3.05) is 12.4 Å².